The van der Waals surface area contributed by atoms with Gasteiger partial charge in [0.1, 0.15) is 0 Å². The summed E-state index contributed by atoms with van der Waals surface area (Å²) in [7, 11) is 1.46. The third-order valence-electron chi connectivity index (χ3n) is 4.50. The fourth-order valence-corrected chi connectivity index (χ4v) is 3.12. The Morgan fingerprint density at radius 2 is 2.35 bits per heavy atom. The Morgan fingerprint density at radius 1 is 1.52 bits per heavy atom. The van der Waals surface area contributed by atoms with Crippen molar-refractivity contribution < 1.29 is 14.3 Å². The lowest BCUT2D eigenvalue weighted by molar-refractivity contribution is -0.145. The number of nitrogens with zero attached hydrogens (tertiary/aromatic N) is 2. The number of hydrogen-bond acceptors (Lipinski definition) is 4. The zero-order valence-corrected chi connectivity index (χ0v) is 14.5. The Kier molecular flexibility index (Phi) is 6.89. The SMILES string of the molecule is CCNC(=NCCC1=CCOCC1)N1CC(C)C(C(=O)OC)C1. The van der Waals surface area contributed by atoms with Crippen LogP contribution in [-0.2, 0) is 14.3 Å². The van der Waals surface area contributed by atoms with Gasteiger partial charge < -0.3 is 19.7 Å². The largest absolute Gasteiger partial charge is 0.469 e. The van der Waals surface area contributed by atoms with Gasteiger partial charge in [-0.2, -0.15) is 0 Å². The fraction of sp³-hybridized carbons (Fsp3) is 0.765. The second-order valence-electron chi connectivity index (χ2n) is 6.18. The van der Waals surface area contributed by atoms with Gasteiger partial charge in [0.2, 0.25) is 0 Å². The van der Waals surface area contributed by atoms with Crippen molar-refractivity contribution in [2.45, 2.75) is 26.7 Å². The maximum atomic E-state index is 11.8. The third-order valence-corrected chi connectivity index (χ3v) is 4.50. The standard InChI is InChI=1S/C17H29N3O3/c1-4-18-17(19-8-5-14-6-9-23-10-7-14)20-11-13(2)15(12-20)16(21)22-3/h6,13,15H,4-5,7-12H2,1-3H3,(H,18,19). The Hall–Kier alpha value is -1.56. The van der Waals surface area contributed by atoms with Gasteiger partial charge >= 0.3 is 5.97 Å². The summed E-state index contributed by atoms with van der Waals surface area (Å²) in [5.74, 6) is 0.994. The number of methoxy groups -OCH3 is 1. The van der Waals surface area contributed by atoms with Gasteiger partial charge in [0, 0.05) is 26.2 Å². The lowest BCUT2D eigenvalue weighted by Gasteiger charge is -2.21. The van der Waals surface area contributed by atoms with E-state index in [2.05, 4.69) is 30.1 Å². The summed E-state index contributed by atoms with van der Waals surface area (Å²) >= 11 is 0. The number of rotatable bonds is 5. The van der Waals surface area contributed by atoms with E-state index in [1.165, 1.54) is 12.7 Å². The highest BCUT2D eigenvalue weighted by molar-refractivity contribution is 5.82. The maximum absolute atomic E-state index is 11.8. The molecule has 2 atom stereocenters. The van der Waals surface area contributed by atoms with E-state index in [1.54, 1.807) is 0 Å². The maximum Gasteiger partial charge on any atom is 0.310 e. The molecule has 6 nitrogen and oxygen atoms in total. The first-order chi connectivity index (χ1) is 11.2. The molecule has 0 aromatic heterocycles. The van der Waals surface area contributed by atoms with Crippen LogP contribution in [0.25, 0.3) is 0 Å². The van der Waals surface area contributed by atoms with Crippen molar-refractivity contribution in [3.05, 3.63) is 11.6 Å². The molecule has 0 bridgehead atoms. The molecule has 0 aromatic carbocycles. The van der Waals surface area contributed by atoms with E-state index in [4.69, 9.17) is 14.5 Å². The van der Waals surface area contributed by atoms with Crippen LogP contribution in [0, 0.1) is 11.8 Å². The molecule has 0 spiro atoms. The predicted octanol–water partition coefficient (Wildman–Crippen LogP) is 1.43. The zero-order chi connectivity index (χ0) is 16.7. The average Bonchev–Trinajstić information content (AvgIpc) is 2.96. The number of guanidine groups is 1. The summed E-state index contributed by atoms with van der Waals surface area (Å²) in [6.07, 6.45) is 4.15. The highest BCUT2D eigenvalue weighted by Gasteiger charge is 2.36. The van der Waals surface area contributed by atoms with Crippen LogP contribution in [-0.4, -0.2) is 63.3 Å². The van der Waals surface area contributed by atoms with Crippen LogP contribution in [0.5, 0.6) is 0 Å². The van der Waals surface area contributed by atoms with Crippen LogP contribution < -0.4 is 5.32 Å². The Morgan fingerprint density at radius 3 is 3.00 bits per heavy atom. The monoisotopic (exact) mass is 323 g/mol. The van der Waals surface area contributed by atoms with Gasteiger partial charge in [-0.25, -0.2) is 0 Å². The van der Waals surface area contributed by atoms with E-state index in [1.807, 2.05) is 0 Å². The van der Waals surface area contributed by atoms with Crippen molar-refractivity contribution in [3.63, 3.8) is 0 Å². The van der Waals surface area contributed by atoms with Gasteiger partial charge in [0.15, 0.2) is 5.96 Å². The molecule has 1 fully saturated rings. The number of aliphatic imine (C=N–C) groups is 1. The number of ether oxygens (including phenoxy) is 2. The topological polar surface area (TPSA) is 63.2 Å². The molecule has 2 rings (SSSR count). The normalized spacial score (nSPS) is 25.3. The molecular weight excluding hydrogens is 294 g/mol. The highest BCUT2D eigenvalue weighted by atomic mass is 16.5. The number of nitrogens with one attached hydrogen (secondary N) is 1. The van der Waals surface area contributed by atoms with Crippen LogP contribution in [0.3, 0.4) is 0 Å². The van der Waals surface area contributed by atoms with Crippen molar-refractivity contribution in [1.82, 2.24) is 10.2 Å². The van der Waals surface area contributed by atoms with Gasteiger partial charge in [-0.1, -0.05) is 18.6 Å². The molecule has 2 unspecified atom stereocenters. The van der Waals surface area contributed by atoms with Crippen molar-refractivity contribution in [2.75, 3.05) is 46.5 Å². The van der Waals surface area contributed by atoms with Gasteiger partial charge in [0.25, 0.3) is 0 Å². The van der Waals surface area contributed by atoms with E-state index < -0.39 is 0 Å². The lowest BCUT2D eigenvalue weighted by atomic mass is 9.99. The third kappa shape index (κ3) is 4.96. The zero-order valence-electron chi connectivity index (χ0n) is 14.5. The summed E-state index contributed by atoms with van der Waals surface area (Å²) in [4.78, 5) is 18.8. The first kappa shape index (κ1) is 17.8. The minimum Gasteiger partial charge on any atom is -0.469 e. The quantitative estimate of drug-likeness (QED) is 0.359. The van der Waals surface area contributed by atoms with Crippen molar-refractivity contribution in [2.24, 2.45) is 16.8 Å². The lowest BCUT2D eigenvalue weighted by Crippen LogP contribution is -2.40. The van der Waals surface area contributed by atoms with Gasteiger partial charge in [-0.3, -0.25) is 9.79 Å². The summed E-state index contributed by atoms with van der Waals surface area (Å²) < 4.78 is 10.2. The van der Waals surface area contributed by atoms with Gasteiger partial charge in [-0.05, 0) is 25.7 Å². The molecule has 0 aromatic rings. The Labute approximate surface area is 138 Å². The van der Waals surface area contributed by atoms with E-state index >= 15 is 0 Å². The molecule has 23 heavy (non-hydrogen) atoms. The second-order valence-corrected chi connectivity index (χ2v) is 6.18. The summed E-state index contributed by atoms with van der Waals surface area (Å²) in [5, 5.41) is 3.34. The number of likely N-dealkylation sites (tertiary alicyclic amines) is 1. The number of esters is 1. The minimum atomic E-state index is -0.122. The van der Waals surface area contributed by atoms with Gasteiger partial charge in [-0.15, -0.1) is 0 Å². The van der Waals surface area contributed by atoms with E-state index in [0.717, 1.165) is 51.6 Å². The predicted molar refractivity (Wildman–Crippen MR) is 90.4 cm³/mol. The average molecular weight is 323 g/mol. The second kappa shape index (κ2) is 8.91. The van der Waals surface area contributed by atoms with E-state index in [9.17, 15) is 4.79 Å². The molecule has 0 amide bonds. The Balaban J connectivity index is 1.93. The first-order valence-electron chi connectivity index (χ1n) is 8.52. The summed E-state index contributed by atoms with van der Waals surface area (Å²) in [6.45, 7) is 8.80. The first-order valence-corrected chi connectivity index (χ1v) is 8.52. The highest BCUT2D eigenvalue weighted by Crippen LogP contribution is 2.24. The van der Waals surface area contributed by atoms with Gasteiger partial charge in [0.05, 0.1) is 26.2 Å². The molecule has 0 aliphatic carbocycles. The molecule has 1 N–H and O–H groups in total. The molecule has 1 saturated heterocycles. The minimum absolute atomic E-state index is 0.0675. The van der Waals surface area contributed by atoms with Crippen LogP contribution in [0.4, 0.5) is 0 Å². The van der Waals surface area contributed by atoms with E-state index in [-0.39, 0.29) is 17.8 Å². The molecule has 6 heteroatoms. The van der Waals surface area contributed by atoms with Crippen LogP contribution in [0.15, 0.2) is 16.6 Å². The summed E-state index contributed by atoms with van der Waals surface area (Å²) in [5.41, 5.74) is 1.43. The smallest absolute Gasteiger partial charge is 0.310 e. The van der Waals surface area contributed by atoms with Crippen LogP contribution in [0.2, 0.25) is 0 Å². The number of carbonyl (C=O) groups excluding carboxylic acids is 1. The molecule has 2 aliphatic heterocycles. The molecule has 0 radical (unpaired) electrons. The molecule has 2 heterocycles. The van der Waals surface area contributed by atoms with Crippen molar-refractivity contribution >= 4 is 11.9 Å². The molecule has 2 aliphatic rings. The number of carbonyl (C=O) groups is 1. The number of hydrogen-bond donors (Lipinski definition) is 1. The van der Waals surface area contributed by atoms with E-state index in [0.29, 0.717) is 6.54 Å². The summed E-state index contributed by atoms with van der Waals surface area (Å²) in [6, 6.07) is 0. The van der Waals surface area contributed by atoms with Crippen molar-refractivity contribution in [1.29, 1.82) is 0 Å². The fourth-order valence-electron chi connectivity index (χ4n) is 3.12. The van der Waals surface area contributed by atoms with Crippen molar-refractivity contribution in [3.8, 4) is 0 Å². The molecular formula is C17H29N3O3. The van der Waals surface area contributed by atoms with Crippen LogP contribution >= 0.6 is 0 Å². The molecule has 0 saturated carbocycles. The molecule has 130 valence electrons. The van der Waals surface area contributed by atoms with Crippen LogP contribution in [0.1, 0.15) is 26.7 Å². The Bertz CT molecular complexity index is 462.